The third-order valence-electron chi connectivity index (χ3n) is 3.55. The molecule has 29 heavy (non-hydrogen) atoms. The largest absolute Gasteiger partial charge is 0.479 e. The van der Waals surface area contributed by atoms with Gasteiger partial charge in [0.15, 0.2) is 0 Å². The van der Waals surface area contributed by atoms with E-state index in [1.165, 1.54) is 12.1 Å². The summed E-state index contributed by atoms with van der Waals surface area (Å²) in [4.78, 5) is 21.8. The Morgan fingerprint density at radius 1 is 1.31 bits per heavy atom. The molecule has 2 aromatic carbocycles. The van der Waals surface area contributed by atoms with Gasteiger partial charge in [0, 0.05) is 17.7 Å². The van der Waals surface area contributed by atoms with E-state index in [1.807, 2.05) is 0 Å². The summed E-state index contributed by atoms with van der Waals surface area (Å²) in [7, 11) is 0. The van der Waals surface area contributed by atoms with Gasteiger partial charge < -0.3 is 9.47 Å². The third-order valence-corrected chi connectivity index (χ3v) is 3.79. The normalized spacial score (nSPS) is 10.5. The molecule has 0 fully saturated rings. The van der Waals surface area contributed by atoms with Crippen LogP contribution >= 0.6 is 11.6 Å². The van der Waals surface area contributed by atoms with Crippen LogP contribution in [0, 0.1) is 28.9 Å². The van der Waals surface area contributed by atoms with Crippen molar-refractivity contribution in [1.82, 2.24) is 0 Å². The zero-order valence-corrected chi connectivity index (χ0v) is 16.5. The van der Waals surface area contributed by atoms with Crippen molar-refractivity contribution in [1.29, 1.82) is 0 Å². The van der Waals surface area contributed by atoms with Crippen LogP contribution < -0.4 is 10.2 Å². The fourth-order valence-electron chi connectivity index (χ4n) is 2.18. The highest BCUT2D eigenvalue weighted by atomic mass is 35.5. The molecule has 0 aromatic heterocycles. The minimum atomic E-state index is -0.732. The molecule has 0 aliphatic heterocycles. The van der Waals surface area contributed by atoms with Gasteiger partial charge in [0.25, 0.3) is 5.69 Å². The molecule has 0 radical (unpaired) electrons. The fraction of sp³-hybridized carbons (Fsp3) is 0.200. The van der Waals surface area contributed by atoms with Crippen LogP contribution in [0.2, 0.25) is 0 Å². The van der Waals surface area contributed by atoms with E-state index < -0.39 is 10.9 Å². The average Bonchev–Trinajstić information content (AvgIpc) is 2.71. The topological polar surface area (TPSA) is 103 Å². The lowest BCUT2D eigenvalue weighted by Crippen LogP contribution is -2.13. The zero-order chi connectivity index (χ0) is 21.2. The number of nitro benzene ring substituents is 1. The second-order valence-electron chi connectivity index (χ2n) is 5.58. The molecule has 9 heteroatoms. The van der Waals surface area contributed by atoms with Crippen molar-refractivity contribution in [3.63, 3.8) is 0 Å². The number of carbonyl (C=O) groups excluding carboxylic acids is 1. The Morgan fingerprint density at radius 2 is 2.07 bits per heavy atom. The van der Waals surface area contributed by atoms with E-state index in [0.29, 0.717) is 22.6 Å². The minimum absolute atomic E-state index is 0.0198. The van der Waals surface area contributed by atoms with Crippen molar-refractivity contribution in [3.8, 4) is 17.6 Å². The average molecular weight is 416 g/mol. The fourth-order valence-corrected chi connectivity index (χ4v) is 2.27. The van der Waals surface area contributed by atoms with Crippen molar-refractivity contribution in [3.05, 3.63) is 63.7 Å². The molecule has 8 nitrogen and oxygen atoms in total. The van der Waals surface area contributed by atoms with Crippen LogP contribution in [-0.4, -0.2) is 29.3 Å². The first-order valence-electron chi connectivity index (χ1n) is 8.54. The van der Waals surface area contributed by atoms with Crippen LogP contribution in [0.4, 0.5) is 11.4 Å². The van der Waals surface area contributed by atoms with Crippen LogP contribution in [0.1, 0.15) is 18.1 Å². The van der Waals surface area contributed by atoms with E-state index in [4.69, 9.17) is 21.1 Å². The molecule has 0 aliphatic carbocycles. The summed E-state index contributed by atoms with van der Waals surface area (Å²) in [6.07, 6.45) is 0. The SMILES string of the molecule is CCOC(=O)/C(Cl)=N\Nc1ccccc1OCC#Cc1ccc([N+](=O)[O-])cc1C. The van der Waals surface area contributed by atoms with Crippen LogP contribution in [0.5, 0.6) is 5.75 Å². The maximum atomic E-state index is 11.5. The number of rotatable bonds is 7. The van der Waals surface area contributed by atoms with Crippen molar-refractivity contribution >= 4 is 34.1 Å². The molecule has 0 aliphatic rings. The number of para-hydroxylation sites is 2. The highest BCUT2D eigenvalue weighted by Gasteiger charge is 2.10. The molecular formula is C20H18ClN3O5. The Bertz CT molecular complexity index is 995. The summed E-state index contributed by atoms with van der Waals surface area (Å²) in [5.41, 5.74) is 4.55. The first-order chi connectivity index (χ1) is 13.9. The summed E-state index contributed by atoms with van der Waals surface area (Å²) in [6.45, 7) is 3.68. The minimum Gasteiger partial charge on any atom is -0.479 e. The van der Waals surface area contributed by atoms with Crippen LogP contribution in [0.15, 0.2) is 47.6 Å². The summed E-state index contributed by atoms with van der Waals surface area (Å²) < 4.78 is 10.4. The van der Waals surface area contributed by atoms with Gasteiger partial charge in [0.2, 0.25) is 5.17 Å². The Kier molecular flexibility index (Phi) is 8.00. The van der Waals surface area contributed by atoms with Gasteiger partial charge in [0.1, 0.15) is 12.4 Å². The number of non-ortho nitro benzene ring substituents is 1. The van der Waals surface area contributed by atoms with E-state index in [0.717, 1.165) is 0 Å². The van der Waals surface area contributed by atoms with Crippen molar-refractivity contribution in [2.45, 2.75) is 13.8 Å². The highest BCUT2D eigenvalue weighted by Crippen LogP contribution is 2.23. The van der Waals surface area contributed by atoms with Gasteiger partial charge in [0.05, 0.1) is 17.2 Å². The van der Waals surface area contributed by atoms with Gasteiger partial charge in [-0.3, -0.25) is 15.5 Å². The number of aryl methyl sites for hydroxylation is 1. The van der Waals surface area contributed by atoms with Crippen LogP contribution in [0.3, 0.4) is 0 Å². The number of ether oxygens (including phenoxy) is 2. The Balaban J connectivity index is 2.03. The molecule has 150 valence electrons. The number of hydrogen-bond acceptors (Lipinski definition) is 7. The molecule has 0 bridgehead atoms. The number of esters is 1. The molecule has 0 spiro atoms. The third kappa shape index (κ3) is 6.52. The van der Waals surface area contributed by atoms with Gasteiger partial charge in [-0.15, -0.1) is 0 Å². The Hall–Kier alpha value is -3.57. The maximum absolute atomic E-state index is 11.5. The predicted molar refractivity (Wildman–Crippen MR) is 110 cm³/mol. The second kappa shape index (κ2) is 10.7. The number of benzene rings is 2. The smallest absolute Gasteiger partial charge is 0.370 e. The standard InChI is InChI=1S/C20H18ClN3O5/c1-3-28-20(25)19(21)23-22-17-8-4-5-9-18(17)29-12-6-7-15-10-11-16(24(26)27)13-14(15)2/h4-5,8-11,13,22H,3,12H2,1-2H3/b23-19+. The Labute approximate surface area is 172 Å². The molecule has 2 rings (SSSR count). The zero-order valence-electron chi connectivity index (χ0n) is 15.8. The maximum Gasteiger partial charge on any atom is 0.370 e. The number of nitrogens with one attached hydrogen (secondary N) is 1. The van der Waals surface area contributed by atoms with Gasteiger partial charge in [-0.05, 0) is 37.6 Å². The monoisotopic (exact) mass is 415 g/mol. The van der Waals surface area contributed by atoms with Crippen LogP contribution in [0.25, 0.3) is 0 Å². The van der Waals surface area contributed by atoms with Gasteiger partial charge >= 0.3 is 5.97 Å². The van der Waals surface area contributed by atoms with Crippen LogP contribution in [-0.2, 0) is 9.53 Å². The predicted octanol–water partition coefficient (Wildman–Crippen LogP) is 3.86. The highest BCUT2D eigenvalue weighted by molar-refractivity contribution is 6.82. The van der Waals surface area contributed by atoms with Crippen molar-refractivity contribution in [2.75, 3.05) is 18.6 Å². The lowest BCUT2D eigenvalue weighted by Gasteiger charge is -2.08. The summed E-state index contributed by atoms with van der Waals surface area (Å²) >= 11 is 5.76. The second-order valence-corrected chi connectivity index (χ2v) is 5.94. The number of hydrogen-bond donors (Lipinski definition) is 1. The summed E-state index contributed by atoms with van der Waals surface area (Å²) in [6, 6.07) is 11.4. The first-order valence-corrected chi connectivity index (χ1v) is 8.92. The molecule has 0 saturated carbocycles. The molecule has 0 atom stereocenters. The molecule has 2 aromatic rings. The number of carbonyl (C=O) groups is 1. The molecule has 0 saturated heterocycles. The van der Waals surface area contributed by atoms with Gasteiger partial charge in [-0.1, -0.05) is 35.6 Å². The molecule has 0 amide bonds. The molecule has 1 N–H and O–H groups in total. The van der Waals surface area contributed by atoms with Gasteiger partial charge in [-0.2, -0.15) is 5.10 Å². The number of anilines is 1. The van der Waals surface area contributed by atoms with E-state index >= 15 is 0 Å². The Morgan fingerprint density at radius 3 is 2.76 bits per heavy atom. The molecule has 0 unspecified atom stereocenters. The van der Waals surface area contributed by atoms with E-state index in [-0.39, 0.29) is 24.1 Å². The lowest BCUT2D eigenvalue weighted by molar-refractivity contribution is -0.384. The number of nitro groups is 1. The van der Waals surface area contributed by atoms with E-state index in [1.54, 1.807) is 44.2 Å². The first kappa shape index (κ1) is 21.7. The number of hydrazone groups is 1. The number of nitrogens with zero attached hydrogens (tertiary/aromatic N) is 2. The summed E-state index contributed by atoms with van der Waals surface area (Å²) in [5, 5.41) is 14.2. The van der Waals surface area contributed by atoms with Crippen molar-refractivity contribution in [2.24, 2.45) is 5.10 Å². The quantitative estimate of drug-likeness (QED) is 0.242. The van der Waals surface area contributed by atoms with Gasteiger partial charge in [-0.25, -0.2) is 4.79 Å². The van der Waals surface area contributed by atoms with E-state index in [2.05, 4.69) is 22.4 Å². The summed E-state index contributed by atoms with van der Waals surface area (Å²) in [5.74, 6) is 5.51. The molecule has 0 heterocycles. The number of halogens is 1. The lowest BCUT2D eigenvalue weighted by atomic mass is 10.1. The van der Waals surface area contributed by atoms with E-state index in [9.17, 15) is 14.9 Å². The molecular weight excluding hydrogens is 398 g/mol. The van der Waals surface area contributed by atoms with Crippen molar-refractivity contribution < 1.29 is 19.2 Å².